The number of hydrogen-bond acceptors (Lipinski definition) is 4. The average molecular weight is 248 g/mol. The third kappa shape index (κ3) is 3.28. The molecule has 2 rings (SSSR count). The van der Waals surface area contributed by atoms with Crippen LogP contribution in [0.5, 0.6) is 11.5 Å². The summed E-state index contributed by atoms with van der Waals surface area (Å²) < 4.78 is 10.7. The summed E-state index contributed by atoms with van der Waals surface area (Å²) in [6.07, 6.45) is 2.21. The fourth-order valence-corrected chi connectivity index (χ4v) is 1.68. The lowest BCUT2D eigenvalue weighted by Crippen LogP contribution is -2.18. The SMILES string of the molecule is OCC(COc1ccccc1O)Cc1ccco1. The van der Waals surface area contributed by atoms with Crippen LogP contribution in [-0.4, -0.2) is 23.4 Å². The zero-order valence-corrected chi connectivity index (χ0v) is 9.95. The van der Waals surface area contributed by atoms with E-state index in [-0.39, 0.29) is 18.3 Å². The first-order chi connectivity index (χ1) is 8.79. The Morgan fingerprint density at radius 1 is 1.17 bits per heavy atom. The summed E-state index contributed by atoms with van der Waals surface area (Å²) in [6, 6.07) is 10.5. The van der Waals surface area contributed by atoms with Crippen molar-refractivity contribution in [2.75, 3.05) is 13.2 Å². The molecular weight excluding hydrogens is 232 g/mol. The second-order valence-corrected chi connectivity index (χ2v) is 4.11. The highest BCUT2D eigenvalue weighted by Gasteiger charge is 2.12. The summed E-state index contributed by atoms with van der Waals surface area (Å²) in [4.78, 5) is 0. The van der Waals surface area contributed by atoms with Crippen LogP contribution in [0.3, 0.4) is 0 Å². The molecule has 1 unspecified atom stereocenters. The standard InChI is InChI=1S/C14H16O4/c15-9-11(8-12-4-3-7-17-12)10-18-14-6-2-1-5-13(14)16/h1-7,11,15-16H,8-10H2. The first kappa shape index (κ1) is 12.5. The monoisotopic (exact) mass is 248 g/mol. The summed E-state index contributed by atoms with van der Waals surface area (Å²) in [5, 5.41) is 18.8. The molecule has 0 saturated carbocycles. The summed E-state index contributed by atoms with van der Waals surface area (Å²) in [7, 11) is 0. The molecule has 96 valence electrons. The van der Waals surface area contributed by atoms with E-state index in [1.165, 1.54) is 0 Å². The molecule has 2 aromatic rings. The van der Waals surface area contributed by atoms with Gasteiger partial charge >= 0.3 is 0 Å². The molecule has 1 aromatic carbocycles. The van der Waals surface area contributed by atoms with E-state index in [4.69, 9.17) is 9.15 Å². The van der Waals surface area contributed by atoms with Crippen LogP contribution in [0.15, 0.2) is 47.1 Å². The van der Waals surface area contributed by atoms with Crippen LogP contribution in [0.4, 0.5) is 0 Å². The van der Waals surface area contributed by atoms with Gasteiger partial charge < -0.3 is 19.4 Å². The van der Waals surface area contributed by atoms with Crippen LogP contribution in [-0.2, 0) is 6.42 Å². The van der Waals surface area contributed by atoms with Crippen LogP contribution in [0.1, 0.15) is 5.76 Å². The third-order valence-electron chi connectivity index (χ3n) is 2.67. The summed E-state index contributed by atoms with van der Waals surface area (Å²) in [5.41, 5.74) is 0. The van der Waals surface area contributed by atoms with Crippen molar-refractivity contribution in [2.45, 2.75) is 6.42 Å². The van der Waals surface area contributed by atoms with E-state index in [2.05, 4.69) is 0 Å². The van der Waals surface area contributed by atoms with Gasteiger partial charge in [0.1, 0.15) is 5.76 Å². The Hall–Kier alpha value is -1.94. The molecular formula is C14H16O4. The Balaban J connectivity index is 1.89. The largest absolute Gasteiger partial charge is 0.504 e. The molecule has 18 heavy (non-hydrogen) atoms. The molecule has 4 heteroatoms. The Morgan fingerprint density at radius 2 is 2.00 bits per heavy atom. The topological polar surface area (TPSA) is 62.8 Å². The Kier molecular flexibility index (Phi) is 4.25. The van der Waals surface area contributed by atoms with Crippen molar-refractivity contribution >= 4 is 0 Å². The van der Waals surface area contributed by atoms with Crippen molar-refractivity contribution in [3.8, 4) is 11.5 Å². The number of ether oxygens (including phenoxy) is 1. The minimum Gasteiger partial charge on any atom is -0.504 e. The molecule has 0 spiro atoms. The second-order valence-electron chi connectivity index (χ2n) is 4.11. The number of benzene rings is 1. The predicted molar refractivity (Wildman–Crippen MR) is 66.6 cm³/mol. The maximum absolute atomic E-state index is 9.55. The average Bonchev–Trinajstić information content (AvgIpc) is 2.89. The number of hydrogen-bond donors (Lipinski definition) is 2. The normalized spacial score (nSPS) is 12.3. The van der Waals surface area contributed by atoms with Gasteiger partial charge in [0.2, 0.25) is 0 Å². The lowest BCUT2D eigenvalue weighted by atomic mass is 10.1. The number of phenolic OH excluding ortho intramolecular Hbond substituents is 1. The van der Waals surface area contributed by atoms with E-state index in [0.29, 0.717) is 18.8 Å². The van der Waals surface area contributed by atoms with Crippen LogP contribution >= 0.6 is 0 Å². The number of aliphatic hydroxyl groups is 1. The predicted octanol–water partition coefficient (Wildman–Crippen LogP) is 2.22. The molecule has 0 aliphatic carbocycles. The van der Waals surface area contributed by atoms with Gasteiger partial charge in [-0.1, -0.05) is 12.1 Å². The zero-order chi connectivity index (χ0) is 12.8. The summed E-state index contributed by atoms with van der Waals surface area (Å²) >= 11 is 0. The molecule has 1 heterocycles. The highest BCUT2D eigenvalue weighted by molar-refractivity contribution is 5.37. The van der Waals surface area contributed by atoms with E-state index in [9.17, 15) is 10.2 Å². The van der Waals surface area contributed by atoms with E-state index in [0.717, 1.165) is 5.76 Å². The van der Waals surface area contributed by atoms with Gasteiger partial charge in [0, 0.05) is 18.9 Å². The maximum atomic E-state index is 9.55. The molecule has 1 atom stereocenters. The number of phenols is 1. The molecule has 0 aliphatic rings. The van der Waals surface area contributed by atoms with Crippen molar-refractivity contribution in [3.05, 3.63) is 48.4 Å². The number of para-hydroxylation sites is 2. The quantitative estimate of drug-likeness (QED) is 0.822. The molecule has 1 aromatic heterocycles. The first-order valence-corrected chi connectivity index (χ1v) is 5.83. The minimum absolute atomic E-state index is 0.00823. The minimum atomic E-state index is -0.0595. The highest BCUT2D eigenvalue weighted by atomic mass is 16.5. The van der Waals surface area contributed by atoms with E-state index < -0.39 is 0 Å². The second kappa shape index (κ2) is 6.12. The van der Waals surface area contributed by atoms with Gasteiger partial charge in [0.05, 0.1) is 12.9 Å². The molecule has 0 saturated heterocycles. The van der Waals surface area contributed by atoms with Crippen molar-refractivity contribution in [1.29, 1.82) is 0 Å². The molecule has 0 fully saturated rings. The van der Waals surface area contributed by atoms with Gasteiger partial charge in [0.15, 0.2) is 11.5 Å². The summed E-state index contributed by atoms with van der Waals surface area (Å²) in [5.74, 6) is 1.29. The van der Waals surface area contributed by atoms with Crippen molar-refractivity contribution in [3.63, 3.8) is 0 Å². The number of rotatable bonds is 6. The lowest BCUT2D eigenvalue weighted by molar-refractivity contribution is 0.155. The Morgan fingerprint density at radius 3 is 2.67 bits per heavy atom. The number of aliphatic hydroxyl groups excluding tert-OH is 1. The number of aromatic hydroxyl groups is 1. The van der Waals surface area contributed by atoms with Gasteiger partial charge in [-0.3, -0.25) is 0 Å². The van der Waals surface area contributed by atoms with Crippen LogP contribution in [0.25, 0.3) is 0 Å². The fraction of sp³-hybridized carbons (Fsp3) is 0.286. The van der Waals surface area contributed by atoms with Gasteiger partial charge in [-0.25, -0.2) is 0 Å². The molecule has 0 bridgehead atoms. The van der Waals surface area contributed by atoms with Crippen LogP contribution < -0.4 is 4.74 Å². The van der Waals surface area contributed by atoms with E-state index in [1.54, 1.807) is 30.5 Å². The van der Waals surface area contributed by atoms with E-state index >= 15 is 0 Å². The smallest absolute Gasteiger partial charge is 0.160 e. The molecule has 0 radical (unpaired) electrons. The lowest BCUT2D eigenvalue weighted by Gasteiger charge is -2.14. The van der Waals surface area contributed by atoms with Crippen molar-refractivity contribution < 1.29 is 19.4 Å². The first-order valence-electron chi connectivity index (χ1n) is 5.83. The van der Waals surface area contributed by atoms with Crippen molar-refractivity contribution in [1.82, 2.24) is 0 Å². The van der Waals surface area contributed by atoms with Crippen molar-refractivity contribution in [2.24, 2.45) is 5.92 Å². The number of furan rings is 1. The van der Waals surface area contributed by atoms with Gasteiger partial charge in [0.25, 0.3) is 0 Å². The van der Waals surface area contributed by atoms with Gasteiger partial charge in [-0.2, -0.15) is 0 Å². The van der Waals surface area contributed by atoms with E-state index in [1.807, 2.05) is 12.1 Å². The summed E-state index contributed by atoms with van der Waals surface area (Å²) in [6.45, 7) is 0.336. The molecule has 4 nitrogen and oxygen atoms in total. The Labute approximate surface area is 105 Å². The van der Waals surface area contributed by atoms with Gasteiger partial charge in [-0.15, -0.1) is 0 Å². The van der Waals surface area contributed by atoms with Gasteiger partial charge in [-0.05, 0) is 24.3 Å². The zero-order valence-electron chi connectivity index (χ0n) is 9.95. The molecule has 0 aliphatic heterocycles. The highest BCUT2D eigenvalue weighted by Crippen LogP contribution is 2.25. The maximum Gasteiger partial charge on any atom is 0.160 e. The third-order valence-corrected chi connectivity index (χ3v) is 2.67. The Bertz CT molecular complexity index is 464. The molecule has 2 N–H and O–H groups in total. The van der Waals surface area contributed by atoms with Crippen LogP contribution in [0.2, 0.25) is 0 Å². The molecule has 0 amide bonds. The fourth-order valence-electron chi connectivity index (χ4n) is 1.68. The van der Waals surface area contributed by atoms with Crippen LogP contribution in [0, 0.1) is 5.92 Å².